The fraction of sp³-hybridized carbons (Fsp3) is 0.0769. The number of rotatable bonds is 9. The first-order valence-corrected chi connectivity index (χ1v) is 11.8. The first-order valence-electron chi connectivity index (χ1n) is 11.4. The number of anilines is 1. The van der Waals surface area contributed by atoms with Gasteiger partial charge < -0.3 is 10.6 Å². The molecule has 0 aliphatic carbocycles. The Balaban J connectivity index is 1.51. The zero-order valence-corrected chi connectivity index (χ0v) is 20.6. The molecule has 1 heterocycles. The topological polar surface area (TPSA) is 158 Å². The van der Waals surface area contributed by atoms with Crippen molar-refractivity contribution in [3.8, 4) is 5.69 Å². The van der Waals surface area contributed by atoms with Gasteiger partial charge in [-0.3, -0.25) is 25.7 Å². The third kappa shape index (κ3) is 6.87. The molecule has 0 fully saturated rings. The summed E-state index contributed by atoms with van der Waals surface area (Å²) in [5, 5.41) is 33.7. The molecule has 1 aromatic heterocycles. The van der Waals surface area contributed by atoms with Crippen LogP contribution in [0.3, 0.4) is 0 Å². The number of halogens is 1. The number of aromatic nitrogens is 4. The van der Waals surface area contributed by atoms with E-state index < -0.39 is 17.9 Å². The van der Waals surface area contributed by atoms with E-state index in [0.717, 1.165) is 5.56 Å². The zero-order valence-electron chi connectivity index (χ0n) is 19.9. The maximum Gasteiger partial charge on any atom is 0.247 e. The molecule has 3 aromatic carbocycles. The van der Waals surface area contributed by atoms with Gasteiger partial charge in [-0.25, -0.2) is 0 Å². The summed E-state index contributed by atoms with van der Waals surface area (Å²) in [6.45, 7) is 0. The number of tetrazole rings is 1. The van der Waals surface area contributed by atoms with Crippen molar-refractivity contribution in [1.82, 2.24) is 31.0 Å². The lowest BCUT2D eigenvalue weighted by molar-refractivity contribution is -0.123. The van der Waals surface area contributed by atoms with Gasteiger partial charge in [0, 0.05) is 34.3 Å². The number of nitrogens with one attached hydrogen (secondary N) is 4. The molecule has 5 N–H and O–H groups in total. The zero-order chi connectivity index (χ0) is 26.9. The maximum atomic E-state index is 13.2. The van der Waals surface area contributed by atoms with E-state index in [1.54, 1.807) is 54.0 Å². The Kier molecular flexibility index (Phi) is 8.54. The van der Waals surface area contributed by atoms with Crippen LogP contribution in [-0.2, 0) is 16.0 Å². The normalized spacial score (nSPS) is 11.6. The molecule has 0 radical (unpaired) electrons. The average molecular weight is 531 g/mol. The predicted octanol–water partition coefficient (Wildman–Crippen LogP) is 3.00. The van der Waals surface area contributed by atoms with Crippen molar-refractivity contribution in [1.29, 1.82) is 5.41 Å². The van der Waals surface area contributed by atoms with E-state index in [2.05, 4.69) is 26.2 Å². The highest BCUT2D eigenvalue weighted by atomic mass is 35.5. The van der Waals surface area contributed by atoms with Crippen molar-refractivity contribution in [2.24, 2.45) is 0 Å². The fourth-order valence-electron chi connectivity index (χ4n) is 3.60. The van der Waals surface area contributed by atoms with E-state index in [9.17, 15) is 9.59 Å². The van der Waals surface area contributed by atoms with Gasteiger partial charge in [0.15, 0.2) is 0 Å². The summed E-state index contributed by atoms with van der Waals surface area (Å²) in [4.78, 5) is 26.1. The summed E-state index contributed by atoms with van der Waals surface area (Å²) in [6, 6.07) is 19.9. The fourth-order valence-corrected chi connectivity index (χ4v) is 3.78. The lowest BCUT2D eigenvalue weighted by Gasteiger charge is -2.18. The van der Waals surface area contributed by atoms with E-state index >= 15 is 0 Å². The number of amides is 2. The molecule has 0 saturated heterocycles. The minimum atomic E-state index is -0.884. The summed E-state index contributed by atoms with van der Waals surface area (Å²) in [7, 11) is 0. The van der Waals surface area contributed by atoms with E-state index in [-0.39, 0.29) is 12.3 Å². The smallest absolute Gasteiger partial charge is 0.247 e. The third-order valence-corrected chi connectivity index (χ3v) is 5.70. The van der Waals surface area contributed by atoms with Gasteiger partial charge in [-0.05, 0) is 64.5 Å². The molecule has 12 heteroatoms. The van der Waals surface area contributed by atoms with E-state index in [4.69, 9.17) is 22.2 Å². The second-order valence-electron chi connectivity index (χ2n) is 8.10. The van der Waals surface area contributed by atoms with Crippen LogP contribution in [0.1, 0.15) is 16.7 Å². The predicted molar refractivity (Wildman–Crippen MR) is 142 cm³/mol. The van der Waals surface area contributed by atoms with Crippen molar-refractivity contribution in [2.45, 2.75) is 12.5 Å². The number of carbonyl (C=O) groups excluding carboxylic acids is 2. The minimum Gasteiger partial charge on any atom is -0.340 e. The van der Waals surface area contributed by atoms with E-state index in [1.807, 2.05) is 30.3 Å². The van der Waals surface area contributed by atoms with Gasteiger partial charge in [-0.2, -0.15) is 4.68 Å². The quantitative estimate of drug-likeness (QED) is 0.0962. The second-order valence-corrected chi connectivity index (χ2v) is 8.53. The molecule has 0 aliphatic rings. The van der Waals surface area contributed by atoms with Crippen LogP contribution in [0.4, 0.5) is 5.69 Å². The molecule has 0 aliphatic heterocycles. The van der Waals surface area contributed by atoms with Crippen molar-refractivity contribution in [3.63, 3.8) is 0 Å². The number of nitrogens with zero attached hydrogens (tertiary/aromatic N) is 4. The Hall–Kier alpha value is -4.87. The minimum absolute atomic E-state index is 0.174. The van der Waals surface area contributed by atoms with Crippen LogP contribution in [0, 0.1) is 5.41 Å². The summed E-state index contributed by atoms with van der Waals surface area (Å²) >= 11 is 6.15. The van der Waals surface area contributed by atoms with Crippen molar-refractivity contribution < 1.29 is 14.8 Å². The molecule has 4 aromatic rings. The largest absolute Gasteiger partial charge is 0.340 e. The molecule has 2 amide bonds. The number of benzene rings is 3. The van der Waals surface area contributed by atoms with Gasteiger partial charge in [0.25, 0.3) is 0 Å². The van der Waals surface area contributed by atoms with Crippen LogP contribution < -0.4 is 16.1 Å². The van der Waals surface area contributed by atoms with Crippen molar-refractivity contribution in [3.05, 3.63) is 107 Å². The van der Waals surface area contributed by atoms with E-state index in [0.29, 0.717) is 27.5 Å². The van der Waals surface area contributed by atoms with Gasteiger partial charge in [0.05, 0.1) is 5.69 Å². The second kappa shape index (κ2) is 12.4. The molecule has 0 bridgehead atoms. The standard InChI is InChI=1S/C26H23ClN8O3/c27-20-9-12-23(35-16-29-33-34-35)19(15-20)8-13-24(36)31-22(14-17-4-2-1-3-5-17)26(37)30-21-10-6-18(7-11-21)25(28)32-38/h1-13,15-16,22,38H,14H2,(H2,28,32)(H,30,37)(H,31,36)/b13-8+. The Morgan fingerprint density at radius 2 is 1.84 bits per heavy atom. The van der Waals surface area contributed by atoms with E-state index in [1.165, 1.54) is 17.1 Å². The molecule has 38 heavy (non-hydrogen) atoms. The highest BCUT2D eigenvalue weighted by molar-refractivity contribution is 6.30. The monoisotopic (exact) mass is 530 g/mol. The molecule has 192 valence electrons. The molecule has 0 spiro atoms. The maximum absolute atomic E-state index is 13.2. The lowest BCUT2D eigenvalue weighted by atomic mass is 10.0. The van der Waals surface area contributed by atoms with Gasteiger partial charge >= 0.3 is 0 Å². The van der Waals surface area contributed by atoms with Crippen LogP contribution in [-0.4, -0.2) is 49.1 Å². The highest BCUT2D eigenvalue weighted by Gasteiger charge is 2.21. The van der Waals surface area contributed by atoms with Gasteiger partial charge in [0.1, 0.15) is 18.2 Å². The molecule has 11 nitrogen and oxygen atoms in total. The molecular weight excluding hydrogens is 508 g/mol. The Labute approximate surface area is 222 Å². The number of hydrogen-bond acceptors (Lipinski definition) is 7. The highest BCUT2D eigenvalue weighted by Crippen LogP contribution is 2.20. The molecule has 1 atom stereocenters. The lowest BCUT2D eigenvalue weighted by Crippen LogP contribution is -2.44. The van der Waals surface area contributed by atoms with Crippen LogP contribution >= 0.6 is 11.6 Å². The molecule has 1 unspecified atom stereocenters. The van der Waals surface area contributed by atoms with Crippen LogP contribution in [0.5, 0.6) is 0 Å². The summed E-state index contributed by atoms with van der Waals surface area (Å²) in [5.74, 6) is -1.08. The number of amidine groups is 1. The Bertz CT molecular complexity index is 1440. The Morgan fingerprint density at radius 1 is 1.08 bits per heavy atom. The number of carbonyl (C=O) groups is 2. The Morgan fingerprint density at radius 3 is 2.53 bits per heavy atom. The number of hydrogen-bond donors (Lipinski definition) is 5. The van der Waals surface area contributed by atoms with Crippen LogP contribution in [0.25, 0.3) is 11.8 Å². The van der Waals surface area contributed by atoms with Crippen LogP contribution in [0.15, 0.2) is 85.2 Å². The average Bonchev–Trinajstić information content (AvgIpc) is 3.47. The molecule has 0 saturated carbocycles. The first kappa shape index (κ1) is 26.2. The number of hydroxylamine groups is 1. The van der Waals surface area contributed by atoms with Crippen molar-refractivity contribution in [2.75, 3.05) is 5.32 Å². The van der Waals surface area contributed by atoms with Crippen molar-refractivity contribution >= 4 is 41.0 Å². The first-order chi connectivity index (χ1) is 18.4. The third-order valence-electron chi connectivity index (χ3n) is 5.47. The summed E-state index contributed by atoms with van der Waals surface area (Å²) < 4.78 is 1.45. The van der Waals surface area contributed by atoms with Crippen LogP contribution in [0.2, 0.25) is 5.02 Å². The summed E-state index contributed by atoms with van der Waals surface area (Å²) in [5.41, 5.74) is 4.77. The van der Waals surface area contributed by atoms with Gasteiger partial charge in [0.2, 0.25) is 11.8 Å². The van der Waals surface area contributed by atoms with Gasteiger partial charge in [-0.1, -0.05) is 41.9 Å². The molecular formula is C26H23ClN8O3. The SMILES string of the molecule is N=C(NO)c1ccc(NC(=O)C(Cc2ccccc2)NC(=O)/C=C/c2cc(Cl)ccc2-n2cnnn2)cc1. The summed E-state index contributed by atoms with van der Waals surface area (Å²) in [6.07, 6.45) is 4.57. The van der Waals surface area contributed by atoms with Gasteiger partial charge in [-0.15, -0.1) is 5.10 Å². The molecule has 4 rings (SSSR count).